The number of nitrogens with zero attached hydrogens (tertiary/aromatic N) is 6. The van der Waals surface area contributed by atoms with E-state index in [1.54, 1.807) is 5.57 Å². The fourth-order valence-corrected chi connectivity index (χ4v) is 10.9. The van der Waals surface area contributed by atoms with Crippen molar-refractivity contribution < 1.29 is 9.59 Å². The maximum atomic E-state index is 14.4. The third-order valence-electron chi connectivity index (χ3n) is 13.8. The molecule has 8 rings (SSSR count). The van der Waals surface area contributed by atoms with Crippen LogP contribution in [-0.2, 0) is 9.59 Å². The minimum absolute atomic E-state index is 0.0439. The summed E-state index contributed by atoms with van der Waals surface area (Å²) in [5.74, 6) is 5.08. The molecule has 3 aliphatic heterocycles. The summed E-state index contributed by atoms with van der Waals surface area (Å²) >= 11 is 0. The van der Waals surface area contributed by atoms with Crippen LogP contribution in [-0.4, -0.2) is 84.8 Å². The maximum Gasteiger partial charge on any atom is 0.229 e. The molecule has 2 saturated carbocycles. The van der Waals surface area contributed by atoms with Crippen molar-refractivity contribution in [3.63, 3.8) is 0 Å². The van der Waals surface area contributed by atoms with Gasteiger partial charge in [-0.05, 0) is 94.5 Å². The largest absolute Gasteiger partial charge is 0.356 e. The molecule has 46 heavy (non-hydrogen) atoms. The number of carbonyl (C=O) groups is 2. The number of rotatable bonds is 6. The van der Waals surface area contributed by atoms with Crippen LogP contribution in [0.5, 0.6) is 0 Å². The quantitative estimate of drug-likeness (QED) is 0.366. The van der Waals surface area contributed by atoms with Crippen molar-refractivity contribution in [2.24, 2.45) is 28.6 Å². The molecule has 1 aromatic rings. The topological polar surface area (TPSA) is 72.9 Å². The van der Waals surface area contributed by atoms with Gasteiger partial charge in [-0.3, -0.25) is 14.5 Å². The van der Waals surface area contributed by atoms with E-state index in [0.717, 1.165) is 108 Å². The molecule has 1 unspecified atom stereocenters. The van der Waals surface area contributed by atoms with Gasteiger partial charge in [-0.2, -0.15) is 9.97 Å². The van der Waals surface area contributed by atoms with Gasteiger partial charge in [0.15, 0.2) is 11.6 Å². The molecule has 0 aromatic carbocycles. The molecule has 248 valence electrons. The summed E-state index contributed by atoms with van der Waals surface area (Å²) in [6.45, 7) is 14.8. The van der Waals surface area contributed by atoms with Crippen molar-refractivity contribution >= 4 is 29.2 Å². The van der Waals surface area contributed by atoms with Crippen molar-refractivity contribution in [3.8, 4) is 0 Å². The molecule has 7 aliphatic rings. The van der Waals surface area contributed by atoms with E-state index in [1.807, 2.05) is 6.08 Å². The third kappa shape index (κ3) is 5.03. The Bertz CT molecular complexity index is 1400. The third-order valence-corrected chi connectivity index (χ3v) is 13.8. The minimum Gasteiger partial charge on any atom is -0.356 e. The summed E-state index contributed by atoms with van der Waals surface area (Å²) < 4.78 is 0. The number of ketones is 2. The molecule has 0 radical (unpaired) electrons. The number of piperazine rings is 1. The zero-order chi connectivity index (χ0) is 31.6. The lowest BCUT2D eigenvalue weighted by molar-refractivity contribution is -0.132. The van der Waals surface area contributed by atoms with Crippen molar-refractivity contribution in [2.45, 2.75) is 97.4 Å². The van der Waals surface area contributed by atoms with Crippen LogP contribution in [0.3, 0.4) is 0 Å². The van der Waals surface area contributed by atoms with Crippen LogP contribution in [0.1, 0.15) is 91.4 Å². The van der Waals surface area contributed by atoms with Crippen LogP contribution in [0.25, 0.3) is 0 Å². The number of allylic oxidation sites excluding steroid dienone is 4. The second kappa shape index (κ2) is 11.7. The standard InChI is InChI=1S/C38H54N6O2/c1-26(35(46)32-11-10-30-29-9-8-27-24-28(45)12-14-37(27,2)31(29)13-15-38(30,32)3)41-20-22-43(23-21-41)34-25-33(42-16-4-5-17-42)39-36(40-34)44-18-6-7-19-44/h13,24-26,29-30,32H,4-12,14-23H2,1-3H3/t26?,29-,30-,32+,37-,38-/m0/s1. The number of anilines is 3. The highest BCUT2D eigenvalue weighted by Crippen LogP contribution is 2.64. The van der Waals surface area contributed by atoms with E-state index in [0.29, 0.717) is 29.8 Å². The van der Waals surface area contributed by atoms with Crippen LogP contribution in [0.15, 0.2) is 29.4 Å². The molecule has 3 saturated heterocycles. The molecule has 8 heteroatoms. The highest BCUT2D eigenvalue weighted by Gasteiger charge is 2.58. The number of Topliss-reactive ketones (excluding diaryl/α,β-unsaturated/α-hetero) is 1. The highest BCUT2D eigenvalue weighted by molar-refractivity contribution is 5.92. The first-order valence-electron chi connectivity index (χ1n) is 18.6. The summed E-state index contributed by atoms with van der Waals surface area (Å²) in [7, 11) is 0. The Kier molecular flexibility index (Phi) is 7.81. The molecule has 4 heterocycles. The van der Waals surface area contributed by atoms with Crippen LogP contribution < -0.4 is 14.7 Å². The van der Waals surface area contributed by atoms with Crippen LogP contribution >= 0.6 is 0 Å². The van der Waals surface area contributed by atoms with Gasteiger partial charge >= 0.3 is 0 Å². The van der Waals surface area contributed by atoms with E-state index in [4.69, 9.17) is 9.97 Å². The molecule has 0 spiro atoms. The van der Waals surface area contributed by atoms with Gasteiger partial charge in [-0.15, -0.1) is 0 Å². The molecule has 5 fully saturated rings. The van der Waals surface area contributed by atoms with Gasteiger partial charge in [0, 0.05) is 76.2 Å². The lowest BCUT2D eigenvalue weighted by Crippen LogP contribution is -2.54. The summed E-state index contributed by atoms with van der Waals surface area (Å²) in [5.41, 5.74) is 3.07. The molecule has 4 aliphatic carbocycles. The van der Waals surface area contributed by atoms with Crippen LogP contribution in [0, 0.1) is 28.6 Å². The zero-order valence-corrected chi connectivity index (χ0v) is 28.5. The van der Waals surface area contributed by atoms with Gasteiger partial charge < -0.3 is 14.7 Å². The second-order valence-electron chi connectivity index (χ2n) is 16.1. The first-order valence-corrected chi connectivity index (χ1v) is 18.6. The summed E-state index contributed by atoms with van der Waals surface area (Å²) in [6.07, 6.45) is 16.4. The summed E-state index contributed by atoms with van der Waals surface area (Å²) in [6, 6.07) is 2.16. The molecular formula is C38H54N6O2. The molecule has 0 amide bonds. The van der Waals surface area contributed by atoms with Crippen LogP contribution in [0.2, 0.25) is 0 Å². The highest BCUT2D eigenvalue weighted by atomic mass is 16.1. The van der Waals surface area contributed by atoms with Crippen molar-refractivity contribution in [2.75, 3.05) is 67.1 Å². The number of fused-ring (bicyclic) bond motifs is 5. The van der Waals surface area contributed by atoms with Crippen molar-refractivity contribution in [1.82, 2.24) is 14.9 Å². The average molecular weight is 627 g/mol. The van der Waals surface area contributed by atoms with Crippen molar-refractivity contribution in [3.05, 3.63) is 29.4 Å². The number of aromatic nitrogens is 2. The number of hydrogen-bond acceptors (Lipinski definition) is 8. The van der Waals surface area contributed by atoms with Crippen LogP contribution in [0.4, 0.5) is 17.6 Å². The van der Waals surface area contributed by atoms with Gasteiger partial charge in [-0.25, -0.2) is 0 Å². The normalized spacial score (nSPS) is 35.4. The summed E-state index contributed by atoms with van der Waals surface area (Å²) in [5, 5.41) is 0. The molecule has 0 N–H and O–H groups in total. The Morgan fingerprint density at radius 3 is 2.20 bits per heavy atom. The number of hydrogen-bond donors (Lipinski definition) is 0. The molecule has 0 bridgehead atoms. The smallest absolute Gasteiger partial charge is 0.229 e. The van der Waals surface area contributed by atoms with E-state index < -0.39 is 0 Å². The van der Waals surface area contributed by atoms with E-state index in [9.17, 15) is 9.59 Å². The van der Waals surface area contributed by atoms with E-state index >= 15 is 0 Å². The average Bonchev–Trinajstić information content (AvgIpc) is 3.86. The second-order valence-corrected chi connectivity index (χ2v) is 16.1. The monoisotopic (exact) mass is 626 g/mol. The lowest BCUT2D eigenvalue weighted by Gasteiger charge is -2.53. The first-order chi connectivity index (χ1) is 22.2. The Labute approximate surface area is 275 Å². The van der Waals surface area contributed by atoms with Crippen molar-refractivity contribution in [1.29, 1.82) is 0 Å². The Morgan fingerprint density at radius 2 is 1.50 bits per heavy atom. The molecule has 1 aromatic heterocycles. The van der Waals surface area contributed by atoms with E-state index in [1.165, 1.54) is 31.3 Å². The Hall–Kier alpha value is -2.74. The predicted octanol–water partition coefficient (Wildman–Crippen LogP) is 5.82. The zero-order valence-electron chi connectivity index (χ0n) is 28.5. The Balaban J connectivity index is 0.950. The van der Waals surface area contributed by atoms with Gasteiger partial charge in [0.2, 0.25) is 5.95 Å². The first kappa shape index (κ1) is 30.6. The van der Waals surface area contributed by atoms with Gasteiger partial charge in [0.1, 0.15) is 11.6 Å². The maximum absolute atomic E-state index is 14.4. The van der Waals surface area contributed by atoms with Gasteiger partial charge in [0.05, 0.1) is 6.04 Å². The predicted molar refractivity (Wildman–Crippen MR) is 183 cm³/mol. The molecular weight excluding hydrogens is 572 g/mol. The number of carbonyl (C=O) groups excluding carboxylic acids is 2. The fourth-order valence-electron chi connectivity index (χ4n) is 10.9. The van der Waals surface area contributed by atoms with Gasteiger partial charge in [0.25, 0.3) is 0 Å². The summed E-state index contributed by atoms with van der Waals surface area (Å²) in [4.78, 5) is 46.4. The van der Waals surface area contributed by atoms with E-state index in [-0.39, 0.29) is 22.8 Å². The SMILES string of the molecule is CC(C(=O)[C@H]1CC[C@H]2[C@@H]3CCC4=CC(=O)CC[C@]4(C)C3=CC[C@]12C)N1CCN(c2cc(N3CCCC3)nc(N3CCCC3)n2)CC1. The molecule has 6 atom stereocenters. The Morgan fingerprint density at radius 1 is 0.848 bits per heavy atom. The lowest BCUT2D eigenvalue weighted by atomic mass is 9.51. The minimum atomic E-state index is -0.0541. The molecule has 8 nitrogen and oxygen atoms in total. The fraction of sp³-hybridized carbons (Fsp3) is 0.737. The van der Waals surface area contributed by atoms with E-state index in [2.05, 4.69) is 52.5 Å². The van der Waals surface area contributed by atoms with Gasteiger partial charge in [-0.1, -0.05) is 31.1 Å².